The predicted molar refractivity (Wildman–Crippen MR) is 115 cm³/mol. The second-order valence-corrected chi connectivity index (χ2v) is 9.07. The van der Waals surface area contributed by atoms with Crippen molar-refractivity contribution in [2.75, 3.05) is 17.3 Å². The van der Waals surface area contributed by atoms with Gasteiger partial charge in [-0.25, -0.2) is 0 Å². The van der Waals surface area contributed by atoms with Crippen LogP contribution in [0, 0.1) is 5.92 Å². The van der Waals surface area contributed by atoms with Crippen LogP contribution in [0.1, 0.15) is 48.9 Å². The van der Waals surface area contributed by atoms with Crippen LogP contribution in [0.3, 0.4) is 0 Å². The molecule has 0 radical (unpaired) electrons. The summed E-state index contributed by atoms with van der Waals surface area (Å²) in [7, 11) is 1.75. The largest absolute Gasteiger partial charge is 0.322 e. The molecule has 0 bridgehead atoms. The van der Waals surface area contributed by atoms with Gasteiger partial charge in [0.2, 0.25) is 5.91 Å². The summed E-state index contributed by atoms with van der Waals surface area (Å²) in [5.41, 5.74) is 1.94. The van der Waals surface area contributed by atoms with Gasteiger partial charge in [0, 0.05) is 28.8 Å². The van der Waals surface area contributed by atoms with Gasteiger partial charge in [0.25, 0.3) is 5.91 Å². The van der Waals surface area contributed by atoms with Gasteiger partial charge >= 0.3 is 0 Å². The Balaban J connectivity index is 1.44. The van der Waals surface area contributed by atoms with E-state index in [1.807, 2.05) is 42.1 Å². The van der Waals surface area contributed by atoms with Gasteiger partial charge in [-0.1, -0.05) is 25.0 Å². The minimum Gasteiger partial charge on any atom is -0.322 e. The maximum absolute atomic E-state index is 12.9. The van der Waals surface area contributed by atoms with Crippen LogP contribution in [0.4, 0.5) is 11.4 Å². The molecule has 2 aliphatic rings. The van der Waals surface area contributed by atoms with E-state index in [0.29, 0.717) is 11.3 Å². The molecule has 4 nitrogen and oxygen atoms in total. The van der Waals surface area contributed by atoms with Crippen molar-refractivity contribution in [1.29, 1.82) is 0 Å². The third-order valence-corrected chi connectivity index (χ3v) is 6.83. The molecule has 2 aliphatic carbocycles. The molecule has 0 unspecified atom stereocenters. The molecule has 5 heteroatoms. The first kappa shape index (κ1) is 19.1. The van der Waals surface area contributed by atoms with Crippen molar-refractivity contribution in [2.24, 2.45) is 5.92 Å². The van der Waals surface area contributed by atoms with E-state index >= 15 is 0 Å². The van der Waals surface area contributed by atoms with Gasteiger partial charge in [0.1, 0.15) is 0 Å². The lowest BCUT2D eigenvalue weighted by atomic mass is 10.1. The second-order valence-electron chi connectivity index (χ2n) is 7.69. The fraction of sp³-hybridized carbons (Fsp3) is 0.391. The molecule has 28 heavy (non-hydrogen) atoms. The SMILES string of the molecule is CN(C(=O)C1CC1)c1ccccc1C(=O)Nc1ccc(SC2CCCC2)cc1. The topological polar surface area (TPSA) is 49.4 Å². The highest BCUT2D eigenvalue weighted by molar-refractivity contribution is 8.00. The Labute approximate surface area is 170 Å². The molecule has 4 rings (SSSR count). The summed E-state index contributed by atoms with van der Waals surface area (Å²) in [6.45, 7) is 0. The highest BCUT2D eigenvalue weighted by Crippen LogP contribution is 2.35. The van der Waals surface area contributed by atoms with E-state index in [-0.39, 0.29) is 17.7 Å². The lowest BCUT2D eigenvalue weighted by molar-refractivity contribution is -0.119. The second kappa shape index (κ2) is 8.39. The van der Waals surface area contributed by atoms with Gasteiger partial charge in [-0.05, 0) is 62.1 Å². The normalized spacial score (nSPS) is 16.8. The minimum atomic E-state index is -0.192. The Morgan fingerprint density at radius 1 is 0.964 bits per heavy atom. The standard InChI is InChI=1S/C23H26N2O2S/c1-25(23(27)16-10-11-16)21-9-5-4-8-20(21)22(26)24-17-12-14-19(15-13-17)28-18-6-2-3-7-18/h4-5,8-9,12-16,18H,2-3,6-7,10-11H2,1H3,(H,24,26). The third kappa shape index (κ3) is 4.41. The fourth-order valence-electron chi connectivity index (χ4n) is 3.69. The van der Waals surface area contributed by atoms with E-state index in [0.717, 1.165) is 23.8 Å². The van der Waals surface area contributed by atoms with E-state index in [2.05, 4.69) is 17.4 Å². The van der Waals surface area contributed by atoms with E-state index in [1.165, 1.54) is 30.6 Å². The van der Waals surface area contributed by atoms with Crippen molar-refractivity contribution in [3.63, 3.8) is 0 Å². The summed E-state index contributed by atoms with van der Waals surface area (Å²) in [5, 5.41) is 3.70. The number of carbonyl (C=O) groups is 2. The number of benzene rings is 2. The summed E-state index contributed by atoms with van der Waals surface area (Å²) in [4.78, 5) is 28.1. The van der Waals surface area contributed by atoms with E-state index in [9.17, 15) is 9.59 Å². The number of amides is 2. The summed E-state index contributed by atoms with van der Waals surface area (Å²) in [5.74, 6) is 0.0156. The van der Waals surface area contributed by atoms with Crippen molar-refractivity contribution in [3.8, 4) is 0 Å². The van der Waals surface area contributed by atoms with Crippen molar-refractivity contribution in [3.05, 3.63) is 54.1 Å². The van der Waals surface area contributed by atoms with Crippen LogP contribution in [0.15, 0.2) is 53.4 Å². The van der Waals surface area contributed by atoms with Crippen molar-refractivity contribution >= 4 is 35.0 Å². The van der Waals surface area contributed by atoms with Crippen LogP contribution in [-0.2, 0) is 4.79 Å². The van der Waals surface area contributed by atoms with Crippen LogP contribution in [-0.4, -0.2) is 24.1 Å². The number of rotatable bonds is 6. The summed E-state index contributed by atoms with van der Waals surface area (Å²) < 4.78 is 0. The third-order valence-electron chi connectivity index (χ3n) is 5.48. The zero-order valence-electron chi connectivity index (χ0n) is 16.2. The van der Waals surface area contributed by atoms with Gasteiger partial charge in [-0.15, -0.1) is 11.8 Å². The van der Waals surface area contributed by atoms with Crippen LogP contribution in [0.5, 0.6) is 0 Å². The molecule has 0 aliphatic heterocycles. The molecule has 0 spiro atoms. The molecule has 0 heterocycles. The Bertz CT molecular complexity index is 855. The Morgan fingerprint density at radius 3 is 2.32 bits per heavy atom. The van der Waals surface area contributed by atoms with E-state index < -0.39 is 0 Å². The zero-order valence-corrected chi connectivity index (χ0v) is 17.0. The maximum atomic E-state index is 12.9. The van der Waals surface area contributed by atoms with Crippen molar-refractivity contribution in [2.45, 2.75) is 48.7 Å². The molecule has 2 fully saturated rings. The first-order valence-corrected chi connectivity index (χ1v) is 10.9. The van der Waals surface area contributed by atoms with Crippen molar-refractivity contribution < 1.29 is 9.59 Å². The number of thioether (sulfide) groups is 1. The molecule has 146 valence electrons. The van der Waals surface area contributed by atoms with Gasteiger partial charge in [-0.2, -0.15) is 0 Å². The molecular formula is C23H26N2O2S. The number of para-hydroxylation sites is 1. The zero-order chi connectivity index (χ0) is 19.5. The highest BCUT2D eigenvalue weighted by Gasteiger charge is 2.33. The monoisotopic (exact) mass is 394 g/mol. The number of nitrogens with zero attached hydrogens (tertiary/aromatic N) is 1. The number of anilines is 2. The van der Waals surface area contributed by atoms with Gasteiger partial charge in [0.15, 0.2) is 0 Å². The Morgan fingerprint density at radius 2 is 1.64 bits per heavy atom. The average molecular weight is 395 g/mol. The summed E-state index contributed by atoms with van der Waals surface area (Å²) >= 11 is 1.94. The Hall–Kier alpha value is -2.27. The lowest BCUT2D eigenvalue weighted by Gasteiger charge is -2.20. The van der Waals surface area contributed by atoms with E-state index in [4.69, 9.17) is 0 Å². The molecule has 2 aromatic rings. The molecule has 2 aromatic carbocycles. The Kier molecular flexibility index (Phi) is 5.72. The maximum Gasteiger partial charge on any atom is 0.257 e. The first-order chi connectivity index (χ1) is 13.6. The smallest absolute Gasteiger partial charge is 0.257 e. The molecule has 0 aromatic heterocycles. The minimum absolute atomic E-state index is 0.0912. The molecule has 0 saturated heterocycles. The quantitative estimate of drug-likeness (QED) is 0.719. The first-order valence-electron chi connectivity index (χ1n) is 10.1. The predicted octanol–water partition coefficient (Wildman–Crippen LogP) is 5.35. The van der Waals surface area contributed by atoms with Gasteiger partial charge < -0.3 is 10.2 Å². The molecule has 2 amide bonds. The molecule has 2 saturated carbocycles. The average Bonchev–Trinajstić information content (AvgIpc) is 3.45. The van der Waals surface area contributed by atoms with Gasteiger partial charge in [-0.3, -0.25) is 9.59 Å². The van der Waals surface area contributed by atoms with Crippen molar-refractivity contribution in [1.82, 2.24) is 0 Å². The van der Waals surface area contributed by atoms with Crippen LogP contribution < -0.4 is 10.2 Å². The van der Waals surface area contributed by atoms with Crippen LogP contribution in [0.25, 0.3) is 0 Å². The van der Waals surface area contributed by atoms with E-state index in [1.54, 1.807) is 18.0 Å². The molecule has 1 N–H and O–H groups in total. The number of hydrogen-bond acceptors (Lipinski definition) is 3. The summed E-state index contributed by atoms with van der Waals surface area (Å²) in [6.07, 6.45) is 7.16. The molecular weight excluding hydrogens is 368 g/mol. The number of carbonyl (C=O) groups excluding carboxylic acids is 2. The lowest BCUT2D eigenvalue weighted by Crippen LogP contribution is -2.29. The number of hydrogen-bond donors (Lipinski definition) is 1. The molecule has 0 atom stereocenters. The van der Waals surface area contributed by atoms with Crippen LogP contribution >= 0.6 is 11.8 Å². The fourth-order valence-corrected chi connectivity index (χ4v) is 4.94. The highest BCUT2D eigenvalue weighted by atomic mass is 32.2. The number of nitrogens with one attached hydrogen (secondary N) is 1. The van der Waals surface area contributed by atoms with Gasteiger partial charge in [0.05, 0.1) is 11.3 Å². The summed E-state index contributed by atoms with van der Waals surface area (Å²) in [6, 6.07) is 15.4. The van der Waals surface area contributed by atoms with Crippen LogP contribution in [0.2, 0.25) is 0 Å².